The molecule has 0 aliphatic rings. The van der Waals surface area contributed by atoms with Crippen LogP contribution in [0.25, 0.3) is 0 Å². The molecular weight excluding hydrogens is 338 g/mol. The summed E-state index contributed by atoms with van der Waals surface area (Å²) in [5.41, 5.74) is 7.01. The number of ether oxygens (including phenoxy) is 1. The molecule has 7 nitrogen and oxygen atoms in total. The lowest BCUT2D eigenvalue weighted by molar-refractivity contribution is 0.0599. The molecular formula is C19H19NO6. The van der Waals surface area contributed by atoms with Gasteiger partial charge in [0.25, 0.3) is 0 Å². The summed E-state index contributed by atoms with van der Waals surface area (Å²) in [5, 5.41) is 19.0. The van der Waals surface area contributed by atoms with Crippen LogP contribution in [0.4, 0.5) is 0 Å². The second kappa shape index (κ2) is 7.79. The molecule has 26 heavy (non-hydrogen) atoms. The SMILES string of the molecule is COC(=O)c1cc(C(=O)O)c(C)c(C(=O)O)c1Cc1cccc(CN)c1. The number of carboxylic acid groups (broad SMARTS) is 2. The minimum atomic E-state index is -1.31. The summed E-state index contributed by atoms with van der Waals surface area (Å²) in [6.45, 7) is 1.73. The van der Waals surface area contributed by atoms with Crippen LogP contribution in [-0.2, 0) is 17.7 Å². The van der Waals surface area contributed by atoms with E-state index in [2.05, 4.69) is 0 Å². The van der Waals surface area contributed by atoms with Crippen LogP contribution in [0.5, 0.6) is 0 Å². The number of nitrogens with two attached hydrogens (primary N) is 1. The van der Waals surface area contributed by atoms with Gasteiger partial charge in [0.1, 0.15) is 0 Å². The molecule has 0 amide bonds. The van der Waals surface area contributed by atoms with E-state index in [9.17, 15) is 24.6 Å². The van der Waals surface area contributed by atoms with Crippen molar-refractivity contribution in [2.24, 2.45) is 5.73 Å². The highest BCUT2D eigenvalue weighted by molar-refractivity contribution is 6.03. The standard InChI is InChI=1S/C19H19NO6/c1-10-13(17(21)22)8-15(19(25)26-2)14(16(10)18(23)24)7-11-4-3-5-12(6-11)9-20/h3-6,8H,7,9,20H2,1-2H3,(H,21,22)(H,23,24). The first-order valence-electron chi connectivity index (χ1n) is 7.79. The van der Waals surface area contributed by atoms with Crippen molar-refractivity contribution in [2.45, 2.75) is 19.9 Å². The first kappa shape index (κ1) is 19.1. The number of rotatable bonds is 6. The molecule has 0 aromatic heterocycles. The molecule has 0 fully saturated rings. The van der Waals surface area contributed by atoms with Crippen LogP contribution in [0.3, 0.4) is 0 Å². The van der Waals surface area contributed by atoms with E-state index in [0.717, 1.165) is 24.3 Å². The molecule has 0 unspecified atom stereocenters. The van der Waals surface area contributed by atoms with Gasteiger partial charge in [-0.3, -0.25) is 0 Å². The lowest BCUT2D eigenvalue weighted by Gasteiger charge is -2.16. The van der Waals surface area contributed by atoms with E-state index in [0.29, 0.717) is 6.54 Å². The molecule has 0 atom stereocenters. The Morgan fingerprint density at radius 1 is 1.04 bits per heavy atom. The number of esters is 1. The average Bonchev–Trinajstić information content (AvgIpc) is 2.60. The van der Waals surface area contributed by atoms with Gasteiger partial charge in [0.2, 0.25) is 0 Å². The fourth-order valence-electron chi connectivity index (χ4n) is 2.89. The van der Waals surface area contributed by atoms with Crippen LogP contribution in [-0.4, -0.2) is 35.2 Å². The van der Waals surface area contributed by atoms with Crippen LogP contribution in [0.15, 0.2) is 30.3 Å². The number of aromatic carboxylic acids is 2. The third kappa shape index (κ3) is 3.73. The second-order valence-electron chi connectivity index (χ2n) is 5.75. The quantitative estimate of drug-likeness (QED) is 0.676. The van der Waals surface area contributed by atoms with Crippen molar-refractivity contribution in [1.29, 1.82) is 0 Å². The summed E-state index contributed by atoms with van der Waals surface area (Å²) in [6, 6.07) is 8.38. The Labute approximate surface area is 150 Å². The van der Waals surface area contributed by atoms with Gasteiger partial charge >= 0.3 is 17.9 Å². The summed E-state index contributed by atoms with van der Waals surface area (Å²) < 4.78 is 4.72. The van der Waals surface area contributed by atoms with Crippen LogP contribution in [0.2, 0.25) is 0 Å². The van der Waals surface area contributed by atoms with Gasteiger partial charge in [-0.05, 0) is 41.7 Å². The Bertz CT molecular complexity index is 888. The van der Waals surface area contributed by atoms with Gasteiger partial charge in [-0.15, -0.1) is 0 Å². The van der Waals surface area contributed by atoms with Crippen LogP contribution >= 0.6 is 0 Å². The van der Waals surface area contributed by atoms with Gasteiger partial charge < -0.3 is 20.7 Å². The van der Waals surface area contributed by atoms with Crippen LogP contribution < -0.4 is 5.73 Å². The van der Waals surface area contributed by atoms with E-state index in [-0.39, 0.29) is 34.2 Å². The third-order valence-corrected chi connectivity index (χ3v) is 4.15. The maximum atomic E-state index is 12.2. The van der Waals surface area contributed by atoms with Crippen molar-refractivity contribution < 1.29 is 29.3 Å². The smallest absolute Gasteiger partial charge is 0.338 e. The van der Waals surface area contributed by atoms with Crippen molar-refractivity contribution in [3.05, 3.63) is 69.3 Å². The van der Waals surface area contributed by atoms with E-state index >= 15 is 0 Å². The molecule has 0 radical (unpaired) electrons. The number of hydrogen-bond acceptors (Lipinski definition) is 5. The lowest BCUT2D eigenvalue weighted by Crippen LogP contribution is -2.17. The summed E-state index contributed by atoms with van der Waals surface area (Å²) in [4.78, 5) is 35.5. The van der Waals surface area contributed by atoms with Crippen LogP contribution in [0.1, 0.15) is 53.3 Å². The monoisotopic (exact) mass is 357 g/mol. The van der Waals surface area contributed by atoms with Crippen molar-refractivity contribution >= 4 is 17.9 Å². The Kier molecular flexibility index (Phi) is 5.74. The molecule has 0 spiro atoms. The van der Waals surface area contributed by atoms with Gasteiger partial charge in [0, 0.05) is 6.54 Å². The van der Waals surface area contributed by atoms with Gasteiger partial charge in [0.15, 0.2) is 0 Å². The Hall–Kier alpha value is -3.19. The van der Waals surface area contributed by atoms with Gasteiger partial charge in [-0.2, -0.15) is 0 Å². The van der Waals surface area contributed by atoms with Crippen molar-refractivity contribution in [1.82, 2.24) is 0 Å². The van der Waals surface area contributed by atoms with Gasteiger partial charge in [0.05, 0.1) is 23.8 Å². The maximum Gasteiger partial charge on any atom is 0.338 e. The predicted octanol–water partition coefficient (Wildman–Crippen LogP) is 2.23. The van der Waals surface area contributed by atoms with Crippen molar-refractivity contribution in [3.8, 4) is 0 Å². The molecule has 4 N–H and O–H groups in total. The Morgan fingerprint density at radius 3 is 2.23 bits per heavy atom. The molecule has 0 bridgehead atoms. The number of carboxylic acids is 2. The number of methoxy groups -OCH3 is 1. The van der Waals surface area contributed by atoms with E-state index in [1.54, 1.807) is 12.1 Å². The number of benzene rings is 2. The number of carbonyl (C=O) groups excluding carboxylic acids is 1. The Balaban J connectivity index is 2.75. The second-order valence-corrected chi connectivity index (χ2v) is 5.75. The third-order valence-electron chi connectivity index (χ3n) is 4.15. The first-order chi connectivity index (χ1) is 12.3. The van der Waals surface area contributed by atoms with Gasteiger partial charge in [-0.1, -0.05) is 24.3 Å². The summed E-state index contributed by atoms with van der Waals surface area (Å²) >= 11 is 0. The zero-order chi connectivity index (χ0) is 19.4. The normalized spacial score (nSPS) is 10.4. The predicted molar refractivity (Wildman–Crippen MR) is 93.6 cm³/mol. The highest BCUT2D eigenvalue weighted by Crippen LogP contribution is 2.27. The van der Waals surface area contributed by atoms with Gasteiger partial charge in [-0.25, -0.2) is 14.4 Å². The first-order valence-corrected chi connectivity index (χ1v) is 7.79. The molecule has 7 heteroatoms. The molecule has 0 saturated carbocycles. The molecule has 0 heterocycles. The highest BCUT2D eigenvalue weighted by atomic mass is 16.5. The molecule has 2 aromatic carbocycles. The molecule has 0 saturated heterocycles. The average molecular weight is 357 g/mol. The highest BCUT2D eigenvalue weighted by Gasteiger charge is 2.26. The van der Waals surface area contributed by atoms with Crippen LogP contribution in [0, 0.1) is 6.92 Å². The van der Waals surface area contributed by atoms with E-state index in [1.807, 2.05) is 12.1 Å². The summed E-state index contributed by atoms with van der Waals surface area (Å²) in [7, 11) is 1.15. The summed E-state index contributed by atoms with van der Waals surface area (Å²) in [5.74, 6) is -3.41. The topological polar surface area (TPSA) is 127 Å². The largest absolute Gasteiger partial charge is 0.478 e. The maximum absolute atomic E-state index is 12.2. The molecule has 0 aliphatic heterocycles. The van der Waals surface area contributed by atoms with E-state index in [4.69, 9.17) is 10.5 Å². The number of hydrogen-bond donors (Lipinski definition) is 3. The molecule has 2 rings (SSSR count). The zero-order valence-electron chi connectivity index (χ0n) is 14.4. The molecule has 0 aliphatic carbocycles. The fraction of sp³-hybridized carbons (Fsp3) is 0.211. The lowest BCUT2D eigenvalue weighted by atomic mass is 9.88. The molecule has 136 valence electrons. The van der Waals surface area contributed by atoms with E-state index in [1.165, 1.54) is 6.92 Å². The number of carbonyl (C=O) groups is 3. The van der Waals surface area contributed by atoms with Crippen molar-refractivity contribution in [2.75, 3.05) is 7.11 Å². The summed E-state index contributed by atoms with van der Waals surface area (Å²) in [6.07, 6.45) is 0.126. The zero-order valence-corrected chi connectivity index (χ0v) is 14.4. The Morgan fingerprint density at radius 2 is 1.69 bits per heavy atom. The van der Waals surface area contributed by atoms with Crippen molar-refractivity contribution in [3.63, 3.8) is 0 Å². The minimum absolute atomic E-state index is 0.0777. The van der Waals surface area contributed by atoms with E-state index < -0.39 is 17.9 Å². The minimum Gasteiger partial charge on any atom is -0.478 e. The fourth-order valence-corrected chi connectivity index (χ4v) is 2.89. The molecule has 2 aromatic rings.